The van der Waals surface area contributed by atoms with Crippen LogP contribution in [0.1, 0.15) is 82.1 Å². The number of ether oxygens (including phenoxy) is 1. The molecule has 2 aliphatic rings. The zero-order chi connectivity index (χ0) is 23.5. The van der Waals surface area contributed by atoms with Crippen molar-refractivity contribution >= 4 is 29.7 Å². The number of piperidine rings is 1. The monoisotopic (exact) mass is 460 g/mol. The molecule has 5 nitrogen and oxygen atoms in total. The Labute approximate surface area is 197 Å². The lowest BCUT2D eigenvalue weighted by molar-refractivity contribution is 0.00627. The highest BCUT2D eigenvalue weighted by molar-refractivity contribution is 6.34. The molecular formula is C26H37ClN2O3. The van der Waals surface area contributed by atoms with E-state index in [1.807, 2.05) is 50.8 Å². The number of hydrogen-bond acceptors (Lipinski definition) is 3. The molecule has 2 fully saturated rings. The number of carbonyl (C=O) groups is 2. The number of benzene rings is 1. The van der Waals surface area contributed by atoms with Crippen molar-refractivity contribution in [1.82, 2.24) is 9.80 Å². The topological polar surface area (TPSA) is 49.9 Å². The minimum absolute atomic E-state index is 0.0472. The molecule has 3 rings (SSSR count). The Kier molecular flexibility index (Phi) is 7.59. The summed E-state index contributed by atoms with van der Waals surface area (Å²) in [7, 11) is 1.78. The molecule has 1 spiro atoms. The second kappa shape index (κ2) is 9.86. The van der Waals surface area contributed by atoms with E-state index in [-0.39, 0.29) is 12.0 Å². The fourth-order valence-corrected chi connectivity index (χ4v) is 4.89. The highest BCUT2D eigenvalue weighted by Crippen LogP contribution is 2.46. The van der Waals surface area contributed by atoms with E-state index in [1.54, 1.807) is 11.9 Å². The quantitative estimate of drug-likeness (QED) is 0.523. The third-order valence-corrected chi connectivity index (χ3v) is 7.16. The third kappa shape index (κ3) is 6.06. The van der Waals surface area contributed by atoms with Crippen LogP contribution in [-0.4, -0.2) is 54.1 Å². The maximum atomic E-state index is 12.4. The molecule has 176 valence electrons. The van der Waals surface area contributed by atoms with Crippen molar-refractivity contribution in [3.8, 4) is 0 Å². The van der Waals surface area contributed by atoms with Gasteiger partial charge >= 0.3 is 6.09 Å². The van der Waals surface area contributed by atoms with Gasteiger partial charge in [0.1, 0.15) is 5.60 Å². The van der Waals surface area contributed by atoms with Crippen LogP contribution in [0.15, 0.2) is 23.8 Å². The smallest absolute Gasteiger partial charge is 0.410 e. The average molecular weight is 461 g/mol. The van der Waals surface area contributed by atoms with E-state index in [0.717, 1.165) is 57.2 Å². The van der Waals surface area contributed by atoms with Crippen molar-refractivity contribution in [2.75, 3.05) is 26.7 Å². The van der Waals surface area contributed by atoms with Crippen LogP contribution in [0.3, 0.4) is 0 Å². The molecule has 1 heterocycles. The van der Waals surface area contributed by atoms with Gasteiger partial charge < -0.3 is 14.5 Å². The summed E-state index contributed by atoms with van der Waals surface area (Å²) >= 11 is 6.42. The normalized spacial score (nSPS) is 18.4. The first-order valence-corrected chi connectivity index (χ1v) is 12.1. The van der Waals surface area contributed by atoms with Crippen molar-refractivity contribution in [1.29, 1.82) is 0 Å². The number of halogens is 1. The minimum atomic E-state index is -0.447. The van der Waals surface area contributed by atoms with Crippen LogP contribution in [0.5, 0.6) is 0 Å². The Morgan fingerprint density at radius 2 is 1.78 bits per heavy atom. The maximum Gasteiger partial charge on any atom is 0.410 e. The number of allylic oxidation sites excluding steroid dienone is 1. The lowest BCUT2D eigenvalue weighted by Crippen LogP contribution is -2.45. The van der Waals surface area contributed by atoms with E-state index < -0.39 is 5.60 Å². The molecular weight excluding hydrogens is 424 g/mol. The number of hydrogen-bond donors (Lipinski definition) is 0. The van der Waals surface area contributed by atoms with Crippen LogP contribution in [0, 0.1) is 5.41 Å². The fourth-order valence-electron chi connectivity index (χ4n) is 4.62. The van der Waals surface area contributed by atoms with Crippen molar-refractivity contribution in [3.05, 3.63) is 39.9 Å². The summed E-state index contributed by atoms with van der Waals surface area (Å²) in [4.78, 5) is 28.3. The predicted octanol–water partition coefficient (Wildman–Crippen LogP) is 6.41. The molecule has 1 aromatic carbocycles. The molecule has 32 heavy (non-hydrogen) atoms. The Hall–Kier alpha value is -2.01. The number of rotatable bonds is 3. The second-order valence-electron chi connectivity index (χ2n) is 10.3. The number of likely N-dealkylation sites (tertiary alicyclic amines) is 1. The first kappa shape index (κ1) is 24.6. The standard InChI is InChI=1S/C26H37ClN2O3/c1-6-28(5)23(30)21-8-7-20(18-22(21)27)17-19-9-11-26(12-10-19)13-15-29(16-14-26)24(31)32-25(2,3)4/h7-8,17-18H,6,9-16H2,1-5H3. The van der Waals surface area contributed by atoms with Gasteiger partial charge in [0.25, 0.3) is 5.91 Å². The molecule has 6 heteroatoms. The Bertz CT molecular complexity index is 868. The van der Waals surface area contributed by atoms with Gasteiger partial charge in [-0.05, 0) is 89.3 Å². The highest BCUT2D eigenvalue weighted by Gasteiger charge is 2.38. The lowest BCUT2D eigenvalue weighted by atomic mass is 9.67. The van der Waals surface area contributed by atoms with Crippen LogP contribution >= 0.6 is 11.6 Å². The Balaban J connectivity index is 1.56. The Morgan fingerprint density at radius 3 is 2.31 bits per heavy atom. The molecule has 0 radical (unpaired) electrons. The Morgan fingerprint density at radius 1 is 1.16 bits per heavy atom. The molecule has 1 saturated heterocycles. The fraction of sp³-hybridized carbons (Fsp3) is 0.615. The molecule has 1 aliphatic carbocycles. The van der Waals surface area contributed by atoms with Gasteiger partial charge in [-0.15, -0.1) is 0 Å². The number of nitrogens with zero attached hydrogens (tertiary/aromatic N) is 2. The molecule has 1 saturated carbocycles. The summed E-state index contributed by atoms with van der Waals surface area (Å²) in [6, 6.07) is 5.72. The average Bonchev–Trinajstić information content (AvgIpc) is 2.74. The van der Waals surface area contributed by atoms with Crippen LogP contribution in [-0.2, 0) is 4.74 Å². The van der Waals surface area contributed by atoms with Crippen LogP contribution < -0.4 is 0 Å². The zero-order valence-corrected chi connectivity index (χ0v) is 20.9. The van der Waals surface area contributed by atoms with Gasteiger partial charge in [-0.1, -0.05) is 29.3 Å². The van der Waals surface area contributed by atoms with Crippen molar-refractivity contribution in [3.63, 3.8) is 0 Å². The van der Waals surface area contributed by atoms with Gasteiger partial charge in [0, 0.05) is 26.7 Å². The van der Waals surface area contributed by atoms with Crippen LogP contribution in [0.2, 0.25) is 5.02 Å². The minimum Gasteiger partial charge on any atom is -0.444 e. The summed E-state index contributed by atoms with van der Waals surface area (Å²) in [5.41, 5.74) is 2.94. The van der Waals surface area contributed by atoms with E-state index in [2.05, 4.69) is 6.08 Å². The molecule has 0 N–H and O–H groups in total. The summed E-state index contributed by atoms with van der Waals surface area (Å²) in [5, 5.41) is 0.506. The van der Waals surface area contributed by atoms with E-state index >= 15 is 0 Å². The van der Waals surface area contributed by atoms with Gasteiger partial charge in [0.15, 0.2) is 0 Å². The molecule has 1 aromatic rings. The first-order valence-electron chi connectivity index (χ1n) is 11.7. The summed E-state index contributed by atoms with van der Waals surface area (Å²) in [6.07, 6.45) is 8.60. The maximum absolute atomic E-state index is 12.4. The van der Waals surface area contributed by atoms with Crippen molar-refractivity contribution in [2.24, 2.45) is 5.41 Å². The molecule has 2 amide bonds. The number of carbonyl (C=O) groups excluding carboxylic acids is 2. The van der Waals surface area contributed by atoms with Crippen LogP contribution in [0.25, 0.3) is 6.08 Å². The second-order valence-corrected chi connectivity index (χ2v) is 10.7. The van der Waals surface area contributed by atoms with Gasteiger partial charge in [-0.2, -0.15) is 0 Å². The molecule has 0 atom stereocenters. The summed E-state index contributed by atoms with van der Waals surface area (Å²) in [5.74, 6) is -0.0472. The van der Waals surface area contributed by atoms with Crippen molar-refractivity contribution < 1.29 is 14.3 Å². The first-order chi connectivity index (χ1) is 15.0. The lowest BCUT2D eigenvalue weighted by Gasteiger charge is -2.44. The largest absolute Gasteiger partial charge is 0.444 e. The zero-order valence-electron chi connectivity index (χ0n) is 20.2. The van der Waals surface area contributed by atoms with Gasteiger partial charge in [-0.3, -0.25) is 4.79 Å². The molecule has 0 bridgehead atoms. The van der Waals surface area contributed by atoms with E-state index in [9.17, 15) is 9.59 Å². The van der Waals surface area contributed by atoms with Crippen LogP contribution in [0.4, 0.5) is 4.79 Å². The highest BCUT2D eigenvalue weighted by atomic mass is 35.5. The van der Waals surface area contributed by atoms with Gasteiger partial charge in [-0.25, -0.2) is 4.79 Å². The molecule has 1 aliphatic heterocycles. The third-order valence-electron chi connectivity index (χ3n) is 6.84. The predicted molar refractivity (Wildman–Crippen MR) is 130 cm³/mol. The van der Waals surface area contributed by atoms with Crippen molar-refractivity contribution in [2.45, 2.75) is 71.8 Å². The summed E-state index contributed by atoms with van der Waals surface area (Å²) in [6.45, 7) is 9.89. The molecule has 0 aromatic heterocycles. The van der Waals surface area contributed by atoms with Gasteiger partial charge in [0.05, 0.1) is 10.6 Å². The van der Waals surface area contributed by atoms with E-state index in [0.29, 0.717) is 22.5 Å². The molecule has 0 unspecified atom stereocenters. The van der Waals surface area contributed by atoms with Gasteiger partial charge in [0.2, 0.25) is 0 Å². The summed E-state index contributed by atoms with van der Waals surface area (Å²) < 4.78 is 5.53. The number of amides is 2. The SMILES string of the molecule is CCN(C)C(=O)c1ccc(C=C2CCC3(CC2)CCN(C(=O)OC(C)(C)C)CC3)cc1Cl. The van der Waals surface area contributed by atoms with E-state index in [4.69, 9.17) is 16.3 Å². The van der Waals surface area contributed by atoms with E-state index in [1.165, 1.54) is 5.57 Å².